The van der Waals surface area contributed by atoms with Crippen molar-refractivity contribution >= 4 is 5.91 Å². The Morgan fingerprint density at radius 1 is 1.33 bits per heavy atom. The molecule has 1 aromatic heterocycles. The number of aromatic amines is 1. The zero-order valence-corrected chi connectivity index (χ0v) is 13.2. The number of hydrogen-bond acceptors (Lipinski definition) is 3. The zero-order chi connectivity index (χ0) is 15.4. The molecule has 1 saturated heterocycles. The van der Waals surface area contributed by atoms with Gasteiger partial charge in [-0.05, 0) is 46.7 Å². The van der Waals surface area contributed by atoms with Crippen molar-refractivity contribution < 1.29 is 4.79 Å². The van der Waals surface area contributed by atoms with Crippen molar-refractivity contribution in [3.8, 4) is 0 Å². The summed E-state index contributed by atoms with van der Waals surface area (Å²) in [5, 5.41) is 2.93. The highest BCUT2D eigenvalue weighted by Gasteiger charge is 2.22. The van der Waals surface area contributed by atoms with Crippen LogP contribution in [0.25, 0.3) is 0 Å². The lowest BCUT2D eigenvalue weighted by Gasteiger charge is -2.31. The fraction of sp³-hybridized carbons (Fsp3) is 0.625. The summed E-state index contributed by atoms with van der Waals surface area (Å²) in [4.78, 5) is 29.4. The standard InChI is InChI=1S/C16H25N3O2/c1-11-9-17-14(12(2)15(11)20)10-18-16(21)13(3)19-7-5-4-6-8-19/h9,13H,4-8,10H2,1-3H3,(H,17,20)(H,18,21). The summed E-state index contributed by atoms with van der Waals surface area (Å²) in [6, 6.07) is -0.109. The molecule has 0 spiro atoms. The van der Waals surface area contributed by atoms with E-state index in [1.165, 1.54) is 19.3 Å². The van der Waals surface area contributed by atoms with Gasteiger partial charge in [-0.3, -0.25) is 14.5 Å². The van der Waals surface area contributed by atoms with Gasteiger partial charge in [-0.2, -0.15) is 0 Å². The molecule has 1 amide bonds. The number of carbonyl (C=O) groups is 1. The Labute approximate surface area is 125 Å². The van der Waals surface area contributed by atoms with E-state index in [2.05, 4.69) is 15.2 Å². The Bertz CT molecular complexity index is 559. The van der Waals surface area contributed by atoms with Crippen LogP contribution in [0, 0.1) is 13.8 Å². The number of carbonyl (C=O) groups excluding carboxylic acids is 1. The number of H-pyrrole nitrogens is 1. The van der Waals surface area contributed by atoms with Crippen LogP contribution >= 0.6 is 0 Å². The highest BCUT2D eigenvalue weighted by atomic mass is 16.2. The molecule has 0 aromatic carbocycles. The molecule has 1 aromatic rings. The molecule has 1 aliphatic heterocycles. The molecule has 1 atom stereocenters. The number of rotatable bonds is 4. The third-order valence-electron chi connectivity index (χ3n) is 4.37. The van der Waals surface area contributed by atoms with Crippen LogP contribution in [0.2, 0.25) is 0 Å². The monoisotopic (exact) mass is 291 g/mol. The number of aryl methyl sites for hydroxylation is 1. The molecule has 21 heavy (non-hydrogen) atoms. The molecule has 5 heteroatoms. The van der Waals surface area contributed by atoms with Crippen molar-refractivity contribution in [2.75, 3.05) is 13.1 Å². The predicted molar refractivity (Wildman–Crippen MR) is 83.3 cm³/mol. The number of pyridine rings is 1. The molecule has 1 fully saturated rings. The van der Waals surface area contributed by atoms with Crippen molar-refractivity contribution in [3.05, 3.63) is 33.2 Å². The van der Waals surface area contributed by atoms with Crippen molar-refractivity contribution in [1.29, 1.82) is 0 Å². The maximum Gasteiger partial charge on any atom is 0.237 e. The Morgan fingerprint density at radius 3 is 2.67 bits per heavy atom. The normalized spacial score (nSPS) is 17.5. The fourth-order valence-electron chi connectivity index (χ4n) is 2.78. The Hall–Kier alpha value is -1.62. The number of amides is 1. The van der Waals surface area contributed by atoms with Gasteiger partial charge in [0.15, 0.2) is 5.43 Å². The molecule has 0 saturated carbocycles. The van der Waals surface area contributed by atoms with E-state index in [0.29, 0.717) is 17.7 Å². The lowest BCUT2D eigenvalue weighted by molar-refractivity contribution is -0.126. The third-order valence-corrected chi connectivity index (χ3v) is 4.37. The van der Waals surface area contributed by atoms with E-state index in [1.807, 2.05) is 6.92 Å². The quantitative estimate of drug-likeness (QED) is 0.883. The summed E-state index contributed by atoms with van der Waals surface area (Å²) in [6.45, 7) is 7.89. The zero-order valence-electron chi connectivity index (χ0n) is 13.2. The number of hydrogen-bond donors (Lipinski definition) is 2. The largest absolute Gasteiger partial charge is 0.363 e. The van der Waals surface area contributed by atoms with Crippen molar-refractivity contribution in [2.45, 2.75) is 52.6 Å². The first-order chi connectivity index (χ1) is 10.0. The van der Waals surface area contributed by atoms with E-state index in [9.17, 15) is 9.59 Å². The Kier molecular flexibility index (Phi) is 5.17. The van der Waals surface area contributed by atoms with Gasteiger partial charge in [0, 0.05) is 23.0 Å². The molecule has 2 heterocycles. The first-order valence-electron chi connectivity index (χ1n) is 7.70. The molecule has 2 rings (SSSR count). The summed E-state index contributed by atoms with van der Waals surface area (Å²) in [6.07, 6.45) is 5.30. The smallest absolute Gasteiger partial charge is 0.237 e. The minimum atomic E-state index is -0.109. The maximum absolute atomic E-state index is 12.2. The molecular weight excluding hydrogens is 266 g/mol. The summed E-state index contributed by atoms with van der Waals surface area (Å²) < 4.78 is 0. The van der Waals surface area contributed by atoms with Crippen LogP contribution in [-0.4, -0.2) is 34.9 Å². The second kappa shape index (κ2) is 6.89. The van der Waals surface area contributed by atoms with E-state index in [1.54, 1.807) is 20.0 Å². The second-order valence-electron chi connectivity index (χ2n) is 5.89. The molecule has 116 valence electrons. The molecule has 0 bridgehead atoms. The summed E-state index contributed by atoms with van der Waals surface area (Å²) >= 11 is 0. The number of piperidine rings is 1. The topological polar surface area (TPSA) is 65.2 Å². The molecule has 0 aliphatic carbocycles. The van der Waals surface area contributed by atoms with Gasteiger partial charge < -0.3 is 10.3 Å². The molecular formula is C16H25N3O2. The SMILES string of the molecule is Cc1c[nH]c(CNC(=O)C(C)N2CCCCC2)c(C)c1=O. The van der Waals surface area contributed by atoms with Gasteiger partial charge in [-0.1, -0.05) is 6.42 Å². The van der Waals surface area contributed by atoms with Crippen LogP contribution in [0.1, 0.15) is 43.0 Å². The maximum atomic E-state index is 12.2. The van der Waals surface area contributed by atoms with Crippen LogP contribution in [0.3, 0.4) is 0 Å². The van der Waals surface area contributed by atoms with Gasteiger partial charge >= 0.3 is 0 Å². The molecule has 1 aliphatic rings. The van der Waals surface area contributed by atoms with Crippen molar-refractivity contribution in [1.82, 2.24) is 15.2 Å². The van der Waals surface area contributed by atoms with E-state index in [4.69, 9.17) is 0 Å². The fourth-order valence-corrected chi connectivity index (χ4v) is 2.78. The lowest BCUT2D eigenvalue weighted by Crippen LogP contribution is -2.47. The van der Waals surface area contributed by atoms with Gasteiger partial charge in [0.2, 0.25) is 5.91 Å². The predicted octanol–water partition coefficient (Wildman–Crippen LogP) is 1.48. The van der Waals surface area contributed by atoms with Gasteiger partial charge in [-0.25, -0.2) is 0 Å². The average molecular weight is 291 g/mol. The van der Waals surface area contributed by atoms with Gasteiger partial charge in [0.05, 0.1) is 12.6 Å². The number of nitrogens with one attached hydrogen (secondary N) is 2. The molecule has 1 unspecified atom stereocenters. The number of likely N-dealkylation sites (tertiary alicyclic amines) is 1. The highest BCUT2D eigenvalue weighted by molar-refractivity contribution is 5.81. The van der Waals surface area contributed by atoms with E-state index < -0.39 is 0 Å². The summed E-state index contributed by atoms with van der Waals surface area (Å²) in [5.74, 6) is 0.0257. The number of nitrogens with zero attached hydrogens (tertiary/aromatic N) is 1. The molecule has 0 radical (unpaired) electrons. The number of aromatic nitrogens is 1. The van der Waals surface area contributed by atoms with Crippen LogP contribution in [0.4, 0.5) is 0 Å². The van der Waals surface area contributed by atoms with Crippen LogP contribution < -0.4 is 10.7 Å². The minimum absolute atomic E-state index is 0.0257. The minimum Gasteiger partial charge on any atom is -0.363 e. The first kappa shape index (κ1) is 15.8. The molecule has 5 nitrogen and oxygen atoms in total. The van der Waals surface area contributed by atoms with Gasteiger partial charge in [0.25, 0.3) is 0 Å². The van der Waals surface area contributed by atoms with E-state index in [0.717, 1.165) is 18.8 Å². The van der Waals surface area contributed by atoms with E-state index >= 15 is 0 Å². The second-order valence-corrected chi connectivity index (χ2v) is 5.89. The Morgan fingerprint density at radius 2 is 2.00 bits per heavy atom. The van der Waals surface area contributed by atoms with Crippen molar-refractivity contribution in [3.63, 3.8) is 0 Å². The van der Waals surface area contributed by atoms with Crippen LogP contribution in [0.5, 0.6) is 0 Å². The van der Waals surface area contributed by atoms with Crippen LogP contribution in [-0.2, 0) is 11.3 Å². The molecule has 2 N–H and O–H groups in total. The average Bonchev–Trinajstić information content (AvgIpc) is 2.52. The van der Waals surface area contributed by atoms with E-state index in [-0.39, 0.29) is 17.4 Å². The van der Waals surface area contributed by atoms with Gasteiger partial charge in [-0.15, -0.1) is 0 Å². The van der Waals surface area contributed by atoms with Crippen molar-refractivity contribution in [2.24, 2.45) is 0 Å². The Balaban J connectivity index is 1.94. The lowest BCUT2D eigenvalue weighted by atomic mass is 10.1. The third kappa shape index (κ3) is 3.73. The highest BCUT2D eigenvalue weighted by Crippen LogP contribution is 2.12. The summed E-state index contributed by atoms with van der Waals surface area (Å²) in [5.41, 5.74) is 2.21. The first-order valence-corrected chi connectivity index (χ1v) is 7.70. The van der Waals surface area contributed by atoms with Crippen LogP contribution in [0.15, 0.2) is 11.0 Å². The van der Waals surface area contributed by atoms with Gasteiger partial charge in [0.1, 0.15) is 0 Å². The summed E-state index contributed by atoms with van der Waals surface area (Å²) in [7, 11) is 0.